The number of piperazine rings is 1. The third-order valence-corrected chi connectivity index (χ3v) is 7.86. The number of nitrogens with zero attached hydrogens (tertiary/aromatic N) is 5. The lowest BCUT2D eigenvalue weighted by Crippen LogP contribution is -2.61. The van der Waals surface area contributed by atoms with Gasteiger partial charge in [0.25, 0.3) is 0 Å². The van der Waals surface area contributed by atoms with E-state index in [-0.39, 0.29) is 23.2 Å². The van der Waals surface area contributed by atoms with Crippen LogP contribution >= 0.6 is 0 Å². The summed E-state index contributed by atoms with van der Waals surface area (Å²) in [6.45, 7) is 11.7. The molecular weight excluding hydrogens is 483 g/mol. The van der Waals surface area contributed by atoms with Gasteiger partial charge in [0, 0.05) is 63.0 Å². The first-order valence-electron chi connectivity index (χ1n) is 13.5. The van der Waals surface area contributed by atoms with Gasteiger partial charge in [0.2, 0.25) is 5.91 Å². The monoisotopic (exact) mass is 520 g/mol. The minimum absolute atomic E-state index is 0.0773. The number of pyridine rings is 1. The minimum Gasteiger partial charge on any atom is -0.361 e. The molecule has 0 aliphatic carbocycles. The van der Waals surface area contributed by atoms with E-state index in [2.05, 4.69) is 48.0 Å². The highest BCUT2D eigenvalue weighted by atomic mass is 19.1. The number of ether oxygens (including phenoxy) is 1. The van der Waals surface area contributed by atoms with Gasteiger partial charge in [-0.1, -0.05) is 26.0 Å². The number of carbonyl (C=O) groups excluding carboxylic acids is 1. The first-order chi connectivity index (χ1) is 18.2. The van der Waals surface area contributed by atoms with Gasteiger partial charge in [0.05, 0.1) is 30.6 Å². The summed E-state index contributed by atoms with van der Waals surface area (Å²) in [5, 5.41) is 12.8. The molecule has 1 aromatic heterocycles. The van der Waals surface area contributed by atoms with Crippen LogP contribution in [0.2, 0.25) is 0 Å². The molecule has 5 rings (SSSR count). The highest BCUT2D eigenvalue weighted by Gasteiger charge is 2.41. The number of amides is 1. The predicted octanol–water partition coefficient (Wildman–Crippen LogP) is 2.32. The molecule has 0 saturated carbocycles. The number of nitriles is 1. The largest absolute Gasteiger partial charge is 0.361 e. The predicted molar refractivity (Wildman–Crippen MR) is 143 cm³/mol. The average molecular weight is 521 g/mol. The zero-order chi connectivity index (χ0) is 26.9. The Kier molecular flexibility index (Phi) is 7.78. The van der Waals surface area contributed by atoms with Crippen LogP contribution in [0.25, 0.3) is 0 Å². The van der Waals surface area contributed by atoms with E-state index < -0.39 is 6.10 Å². The highest BCUT2D eigenvalue weighted by molar-refractivity contribution is 5.97. The number of carbonyl (C=O) groups is 1. The fraction of sp³-hybridized carbons (Fsp3) is 0.552. The Morgan fingerprint density at radius 1 is 1.26 bits per heavy atom. The maximum atomic E-state index is 13.8. The van der Waals surface area contributed by atoms with Gasteiger partial charge in [0.15, 0.2) is 6.10 Å². The van der Waals surface area contributed by atoms with Gasteiger partial charge in [-0.05, 0) is 42.7 Å². The number of aromatic nitrogens is 1. The molecule has 4 heterocycles. The molecule has 0 radical (unpaired) electrons. The maximum Gasteiger partial charge on any atom is 0.241 e. The number of fused-ring (bicyclic) bond motifs is 1. The molecule has 3 aliphatic heterocycles. The van der Waals surface area contributed by atoms with Crippen molar-refractivity contribution in [3.05, 3.63) is 59.2 Å². The van der Waals surface area contributed by atoms with Crippen LogP contribution in [0.4, 0.5) is 10.1 Å². The van der Waals surface area contributed by atoms with Gasteiger partial charge in [0.1, 0.15) is 5.82 Å². The highest BCUT2D eigenvalue weighted by Crippen LogP contribution is 2.39. The first-order valence-corrected chi connectivity index (χ1v) is 13.5. The van der Waals surface area contributed by atoms with Crippen LogP contribution < -0.4 is 10.2 Å². The molecule has 2 fully saturated rings. The lowest BCUT2D eigenvalue weighted by Gasteiger charge is -2.42. The lowest BCUT2D eigenvalue weighted by atomic mass is 9.91. The van der Waals surface area contributed by atoms with Crippen LogP contribution in [0.3, 0.4) is 0 Å². The molecule has 3 atom stereocenters. The van der Waals surface area contributed by atoms with Crippen LogP contribution in [0.1, 0.15) is 37.6 Å². The van der Waals surface area contributed by atoms with Crippen molar-refractivity contribution in [2.75, 3.05) is 57.3 Å². The summed E-state index contributed by atoms with van der Waals surface area (Å²) in [7, 11) is 0. The Hall–Kier alpha value is -2.90. The number of rotatable bonds is 6. The number of hydrogen-bond acceptors (Lipinski definition) is 7. The fourth-order valence-electron chi connectivity index (χ4n) is 5.84. The van der Waals surface area contributed by atoms with E-state index >= 15 is 0 Å². The van der Waals surface area contributed by atoms with E-state index in [1.54, 1.807) is 12.1 Å². The average Bonchev–Trinajstić information content (AvgIpc) is 3.17. The molecule has 2 aromatic rings. The van der Waals surface area contributed by atoms with Crippen molar-refractivity contribution in [3.63, 3.8) is 0 Å². The van der Waals surface area contributed by atoms with E-state index in [1.165, 1.54) is 12.1 Å². The Morgan fingerprint density at radius 2 is 2.05 bits per heavy atom. The zero-order valence-corrected chi connectivity index (χ0v) is 22.5. The molecule has 0 bridgehead atoms. The normalized spacial score (nSPS) is 25.7. The standard InChI is InChI=1S/C29H37FN6O2/c1-20-15-35(24(14-32-20)16-34-8-9-38-25(12-31)17-34)18-27(37)36-19-29(2,3)28-26(36)11-22(13-33-28)10-21-4-6-23(30)7-5-21/h4-7,11,13,20,24-25,32H,8-10,14-19H2,1-3H3/t20-,24-,25?/m1/s1. The second-order valence-electron chi connectivity index (χ2n) is 11.5. The Labute approximate surface area is 224 Å². The summed E-state index contributed by atoms with van der Waals surface area (Å²) < 4.78 is 18.9. The second-order valence-corrected chi connectivity index (χ2v) is 11.5. The third kappa shape index (κ3) is 5.89. The van der Waals surface area contributed by atoms with Gasteiger partial charge in [-0.3, -0.25) is 19.6 Å². The first kappa shape index (κ1) is 26.7. The van der Waals surface area contributed by atoms with Crippen molar-refractivity contribution in [1.82, 2.24) is 20.1 Å². The van der Waals surface area contributed by atoms with Gasteiger partial charge < -0.3 is 15.0 Å². The molecule has 38 heavy (non-hydrogen) atoms. The summed E-state index contributed by atoms with van der Waals surface area (Å²) in [4.78, 5) is 25.1. The van der Waals surface area contributed by atoms with Crippen molar-refractivity contribution in [3.8, 4) is 6.07 Å². The molecule has 1 N–H and O–H groups in total. The van der Waals surface area contributed by atoms with Crippen LogP contribution in [0.5, 0.6) is 0 Å². The fourth-order valence-corrected chi connectivity index (χ4v) is 5.84. The van der Waals surface area contributed by atoms with Crippen LogP contribution in [0.15, 0.2) is 36.5 Å². The minimum atomic E-state index is -0.394. The van der Waals surface area contributed by atoms with Crippen LogP contribution in [-0.4, -0.2) is 91.3 Å². The van der Waals surface area contributed by atoms with Crippen molar-refractivity contribution in [2.24, 2.45) is 0 Å². The lowest BCUT2D eigenvalue weighted by molar-refractivity contribution is -0.121. The quantitative estimate of drug-likeness (QED) is 0.626. The number of benzene rings is 1. The SMILES string of the molecule is C[C@@H]1CN(CC(=O)N2CC(C)(C)c3ncc(Cc4ccc(F)cc4)cc32)[C@@H](CN2CCOC(C#N)C2)CN1. The molecule has 1 amide bonds. The third-order valence-electron chi connectivity index (χ3n) is 7.86. The number of morpholine rings is 1. The van der Waals surface area contributed by atoms with E-state index in [9.17, 15) is 14.4 Å². The summed E-state index contributed by atoms with van der Waals surface area (Å²) >= 11 is 0. The van der Waals surface area contributed by atoms with Crippen molar-refractivity contribution < 1.29 is 13.9 Å². The molecule has 3 aliphatic rings. The number of anilines is 1. The van der Waals surface area contributed by atoms with Gasteiger partial charge in [-0.25, -0.2) is 4.39 Å². The molecular formula is C29H37FN6O2. The summed E-state index contributed by atoms with van der Waals surface area (Å²) in [6.07, 6.45) is 2.11. The van der Waals surface area contributed by atoms with E-state index in [4.69, 9.17) is 9.72 Å². The van der Waals surface area contributed by atoms with Gasteiger partial charge in [-0.15, -0.1) is 0 Å². The zero-order valence-electron chi connectivity index (χ0n) is 22.5. The van der Waals surface area contributed by atoms with Crippen LogP contribution in [0, 0.1) is 17.1 Å². The number of hydrogen-bond donors (Lipinski definition) is 1. The molecule has 0 spiro atoms. The van der Waals surface area contributed by atoms with E-state index in [1.807, 2.05) is 11.1 Å². The summed E-state index contributed by atoms with van der Waals surface area (Å²) in [6, 6.07) is 11.3. The molecule has 1 aromatic carbocycles. The number of halogens is 1. The maximum absolute atomic E-state index is 13.8. The van der Waals surface area contributed by atoms with Crippen molar-refractivity contribution in [2.45, 2.75) is 50.8 Å². The Morgan fingerprint density at radius 3 is 2.82 bits per heavy atom. The molecule has 1 unspecified atom stereocenters. The topological polar surface area (TPSA) is 84.7 Å². The molecule has 2 saturated heterocycles. The summed E-state index contributed by atoms with van der Waals surface area (Å²) in [5.41, 5.74) is 3.58. The van der Waals surface area contributed by atoms with Gasteiger partial charge in [-0.2, -0.15) is 5.26 Å². The number of nitrogens with one attached hydrogen (secondary N) is 1. The van der Waals surface area contributed by atoms with Crippen molar-refractivity contribution in [1.29, 1.82) is 5.26 Å². The van der Waals surface area contributed by atoms with Crippen LogP contribution in [-0.2, 0) is 21.4 Å². The van der Waals surface area contributed by atoms with E-state index in [0.29, 0.717) is 38.7 Å². The smallest absolute Gasteiger partial charge is 0.241 e. The summed E-state index contributed by atoms with van der Waals surface area (Å²) in [5.74, 6) is -0.174. The van der Waals surface area contributed by atoms with Crippen molar-refractivity contribution >= 4 is 11.6 Å². The van der Waals surface area contributed by atoms with Gasteiger partial charge >= 0.3 is 0 Å². The molecule has 8 nitrogen and oxygen atoms in total. The molecule has 9 heteroatoms. The second kappa shape index (κ2) is 11.1. The Bertz CT molecular complexity index is 1200. The van der Waals surface area contributed by atoms with E-state index in [0.717, 1.165) is 48.7 Å². The molecule has 202 valence electrons. The Balaban J connectivity index is 1.31.